The number of carbonyl (C=O) groups is 1. The highest BCUT2D eigenvalue weighted by molar-refractivity contribution is 5.97. The number of rotatable bonds is 5. The van der Waals surface area contributed by atoms with Crippen LogP contribution >= 0.6 is 0 Å². The Morgan fingerprint density at radius 3 is 2.50 bits per heavy atom. The number of nitrogens with zero attached hydrogens (tertiary/aromatic N) is 3. The molecule has 1 unspecified atom stereocenters. The molecule has 1 aliphatic rings. The van der Waals surface area contributed by atoms with Crippen molar-refractivity contribution < 1.29 is 9.18 Å². The molecule has 5 nitrogen and oxygen atoms in total. The molecule has 0 saturated carbocycles. The first-order valence-electron chi connectivity index (χ1n) is 8.20. The molecule has 1 saturated heterocycles. The summed E-state index contributed by atoms with van der Waals surface area (Å²) >= 11 is 0. The lowest BCUT2D eigenvalue weighted by Crippen LogP contribution is -2.44. The van der Waals surface area contributed by atoms with Gasteiger partial charge >= 0.3 is 0 Å². The maximum Gasteiger partial charge on any atom is 0.263 e. The minimum atomic E-state index is -0.326. The molecule has 1 aromatic rings. The van der Waals surface area contributed by atoms with Crippen molar-refractivity contribution >= 4 is 11.6 Å². The van der Waals surface area contributed by atoms with E-state index in [4.69, 9.17) is 0 Å². The highest BCUT2D eigenvalue weighted by atomic mass is 19.1. The lowest BCUT2D eigenvalue weighted by molar-refractivity contribution is -0.117. The molecule has 1 amide bonds. The largest absolute Gasteiger partial charge is 0.373 e. The zero-order chi connectivity index (χ0) is 17.5. The Morgan fingerprint density at radius 2 is 1.96 bits per heavy atom. The molecule has 2 rings (SSSR count). The van der Waals surface area contributed by atoms with Gasteiger partial charge in [-0.2, -0.15) is 5.26 Å². The first-order valence-corrected chi connectivity index (χ1v) is 8.20. The SMILES string of the molecule is CCC(C)NC(=O)/C(C#N)=C\N1CCN(c2ccc(F)cc2)CC1. The van der Waals surface area contributed by atoms with E-state index in [0.29, 0.717) is 13.1 Å². The van der Waals surface area contributed by atoms with Gasteiger partial charge in [-0.1, -0.05) is 6.92 Å². The standard InChI is InChI=1S/C18H23FN4O/c1-3-14(2)21-18(24)15(12-20)13-22-8-10-23(11-9-22)17-6-4-16(19)5-7-17/h4-7,13-14H,3,8-11H2,1-2H3,(H,21,24)/b15-13-. The predicted octanol–water partition coefficient (Wildman–Crippen LogP) is 2.27. The van der Waals surface area contributed by atoms with E-state index < -0.39 is 0 Å². The second-order valence-electron chi connectivity index (χ2n) is 5.94. The summed E-state index contributed by atoms with van der Waals surface area (Å²) in [6.45, 7) is 6.82. The summed E-state index contributed by atoms with van der Waals surface area (Å²) in [6.07, 6.45) is 2.46. The smallest absolute Gasteiger partial charge is 0.263 e. The van der Waals surface area contributed by atoms with Crippen molar-refractivity contribution in [2.45, 2.75) is 26.3 Å². The minimum absolute atomic E-state index is 0.0459. The summed E-state index contributed by atoms with van der Waals surface area (Å²) in [4.78, 5) is 16.2. The highest BCUT2D eigenvalue weighted by Crippen LogP contribution is 2.17. The highest BCUT2D eigenvalue weighted by Gasteiger charge is 2.18. The summed E-state index contributed by atoms with van der Waals surface area (Å²) in [5.74, 6) is -0.570. The molecule has 0 bridgehead atoms. The van der Waals surface area contributed by atoms with Crippen molar-refractivity contribution in [2.75, 3.05) is 31.1 Å². The lowest BCUT2D eigenvalue weighted by atomic mass is 10.2. The molecule has 1 atom stereocenters. The fourth-order valence-electron chi connectivity index (χ4n) is 2.49. The normalized spacial score (nSPS) is 16.5. The molecular formula is C18H23FN4O. The van der Waals surface area contributed by atoms with Crippen LogP contribution in [0.4, 0.5) is 10.1 Å². The first-order chi connectivity index (χ1) is 11.5. The number of anilines is 1. The van der Waals surface area contributed by atoms with Crippen molar-refractivity contribution in [2.24, 2.45) is 0 Å². The summed E-state index contributed by atoms with van der Waals surface area (Å²) < 4.78 is 13.0. The monoisotopic (exact) mass is 330 g/mol. The van der Waals surface area contributed by atoms with Crippen LogP contribution in [-0.2, 0) is 4.79 Å². The van der Waals surface area contributed by atoms with Crippen LogP contribution in [0.15, 0.2) is 36.0 Å². The number of amides is 1. The summed E-state index contributed by atoms with van der Waals surface area (Å²) in [5.41, 5.74) is 1.11. The van der Waals surface area contributed by atoms with E-state index in [0.717, 1.165) is 25.2 Å². The average Bonchev–Trinajstić information content (AvgIpc) is 2.60. The van der Waals surface area contributed by atoms with Crippen LogP contribution in [0.25, 0.3) is 0 Å². The molecule has 0 aromatic heterocycles. The summed E-state index contributed by atoms with van der Waals surface area (Å²) in [7, 11) is 0. The van der Waals surface area contributed by atoms with Crippen LogP contribution in [0.2, 0.25) is 0 Å². The van der Waals surface area contributed by atoms with Crippen molar-refractivity contribution in [1.29, 1.82) is 5.26 Å². The molecule has 24 heavy (non-hydrogen) atoms. The fourth-order valence-corrected chi connectivity index (χ4v) is 2.49. The van der Waals surface area contributed by atoms with Gasteiger partial charge in [0.25, 0.3) is 5.91 Å². The van der Waals surface area contributed by atoms with Gasteiger partial charge in [0, 0.05) is 44.1 Å². The van der Waals surface area contributed by atoms with Gasteiger partial charge in [0.05, 0.1) is 0 Å². The number of piperazine rings is 1. The van der Waals surface area contributed by atoms with Crippen molar-refractivity contribution in [3.05, 3.63) is 41.9 Å². The zero-order valence-corrected chi connectivity index (χ0v) is 14.1. The molecule has 0 spiro atoms. The number of nitriles is 1. The number of benzene rings is 1. The molecule has 0 radical (unpaired) electrons. The van der Waals surface area contributed by atoms with Crippen LogP contribution < -0.4 is 10.2 Å². The Kier molecular flexibility index (Phi) is 6.19. The van der Waals surface area contributed by atoms with E-state index in [1.54, 1.807) is 18.3 Å². The number of hydrogen-bond donors (Lipinski definition) is 1. The second-order valence-corrected chi connectivity index (χ2v) is 5.94. The maximum absolute atomic E-state index is 13.0. The summed E-state index contributed by atoms with van der Waals surface area (Å²) in [5, 5.41) is 12.0. The van der Waals surface area contributed by atoms with Crippen LogP contribution in [0.3, 0.4) is 0 Å². The molecule has 0 aliphatic carbocycles. The first kappa shape index (κ1) is 17.8. The van der Waals surface area contributed by atoms with Gasteiger partial charge in [-0.3, -0.25) is 4.79 Å². The van der Waals surface area contributed by atoms with E-state index in [2.05, 4.69) is 10.2 Å². The quantitative estimate of drug-likeness (QED) is 0.665. The van der Waals surface area contributed by atoms with Crippen LogP contribution in [0, 0.1) is 17.1 Å². The van der Waals surface area contributed by atoms with E-state index >= 15 is 0 Å². The van der Waals surface area contributed by atoms with Gasteiger partial charge in [0.2, 0.25) is 0 Å². The number of hydrogen-bond acceptors (Lipinski definition) is 4. The van der Waals surface area contributed by atoms with E-state index in [9.17, 15) is 14.4 Å². The topological polar surface area (TPSA) is 59.4 Å². The summed E-state index contributed by atoms with van der Waals surface area (Å²) in [6, 6.07) is 8.46. The van der Waals surface area contributed by atoms with Gasteiger partial charge in [0.1, 0.15) is 17.5 Å². The average molecular weight is 330 g/mol. The Labute approximate surface area is 142 Å². The van der Waals surface area contributed by atoms with Crippen molar-refractivity contribution in [3.63, 3.8) is 0 Å². The van der Waals surface area contributed by atoms with Gasteiger partial charge in [-0.25, -0.2) is 4.39 Å². The third-order valence-electron chi connectivity index (χ3n) is 4.17. The Morgan fingerprint density at radius 1 is 1.33 bits per heavy atom. The second kappa shape index (κ2) is 8.34. The Balaban J connectivity index is 1.94. The third kappa shape index (κ3) is 4.72. The Hall–Kier alpha value is -2.55. The molecule has 1 aromatic carbocycles. The van der Waals surface area contributed by atoms with Crippen LogP contribution in [-0.4, -0.2) is 43.0 Å². The molecule has 1 N–H and O–H groups in total. The van der Waals surface area contributed by atoms with E-state index in [1.807, 2.05) is 24.8 Å². The van der Waals surface area contributed by atoms with Gasteiger partial charge < -0.3 is 15.1 Å². The molecule has 1 heterocycles. The van der Waals surface area contributed by atoms with E-state index in [1.165, 1.54) is 12.1 Å². The van der Waals surface area contributed by atoms with Crippen molar-refractivity contribution in [1.82, 2.24) is 10.2 Å². The maximum atomic E-state index is 13.0. The molecular weight excluding hydrogens is 307 g/mol. The van der Waals surface area contributed by atoms with Gasteiger partial charge in [0.15, 0.2) is 0 Å². The fraction of sp³-hybridized carbons (Fsp3) is 0.444. The van der Waals surface area contributed by atoms with Gasteiger partial charge in [-0.15, -0.1) is 0 Å². The minimum Gasteiger partial charge on any atom is -0.373 e. The molecule has 6 heteroatoms. The molecule has 1 fully saturated rings. The van der Waals surface area contributed by atoms with Crippen molar-refractivity contribution in [3.8, 4) is 6.07 Å². The van der Waals surface area contributed by atoms with E-state index in [-0.39, 0.29) is 23.3 Å². The van der Waals surface area contributed by atoms with Gasteiger partial charge in [-0.05, 0) is 37.6 Å². The zero-order valence-electron chi connectivity index (χ0n) is 14.1. The molecule has 1 aliphatic heterocycles. The Bertz CT molecular complexity index is 627. The third-order valence-corrected chi connectivity index (χ3v) is 4.17. The van der Waals surface area contributed by atoms with Crippen LogP contribution in [0.5, 0.6) is 0 Å². The number of nitrogens with one attached hydrogen (secondary N) is 1. The predicted molar refractivity (Wildman–Crippen MR) is 91.8 cm³/mol. The number of halogens is 1. The van der Waals surface area contributed by atoms with Crippen LogP contribution in [0.1, 0.15) is 20.3 Å². The lowest BCUT2D eigenvalue weighted by Gasteiger charge is -2.35. The number of carbonyl (C=O) groups excluding carboxylic acids is 1. The molecule has 128 valence electrons.